The molecule has 0 radical (unpaired) electrons. The third-order valence-electron chi connectivity index (χ3n) is 4.42. The summed E-state index contributed by atoms with van der Waals surface area (Å²) >= 11 is 1.27. The Morgan fingerprint density at radius 3 is 2.50 bits per heavy atom. The number of alkyl carbamates (subject to hydrolysis) is 1. The van der Waals surface area contributed by atoms with Crippen molar-refractivity contribution in [3.63, 3.8) is 0 Å². The van der Waals surface area contributed by atoms with E-state index in [0.29, 0.717) is 10.9 Å². The number of nitrogens with zero attached hydrogens (tertiary/aromatic N) is 2. The highest BCUT2D eigenvalue weighted by molar-refractivity contribution is 8.16. The highest BCUT2D eigenvalue weighted by Crippen LogP contribution is 2.41. The molecule has 11 heteroatoms. The Bertz CT molecular complexity index is 953. The molecule has 1 aromatic carbocycles. The molecule has 2 amide bonds. The summed E-state index contributed by atoms with van der Waals surface area (Å²) in [6.45, 7) is 4.86. The van der Waals surface area contributed by atoms with E-state index >= 15 is 0 Å². The zero-order chi connectivity index (χ0) is 22.1. The molecule has 0 saturated carbocycles. The number of hydrogen-bond donors (Lipinski definition) is 1. The first kappa shape index (κ1) is 22.4. The number of fused-ring (bicyclic) bond motifs is 1. The molecule has 1 N–H and O–H groups in total. The largest absolute Gasteiger partial charge is 0.497 e. The molecule has 2 heterocycles. The van der Waals surface area contributed by atoms with Crippen molar-refractivity contribution >= 4 is 44.5 Å². The van der Waals surface area contributed by atoms with Gasteiger partial charge in [-0.25, -0.2) is 13.2 Å². The number of rotatable bonds is 4. The van der Waals surface area contributed by atoms with Crippen LogP contribution in [-0.4, -0.2) is 67.6 Å². The number of ether oxygens (including phenoxy) is 2. The summed E-state index contributed by atoms with van der Waals surface area (Å²) in [6.07, 6.45) is -0.704. The van der Waals surface area contributed by atoms with Crippen molar-refractivity contribution in [2.24, 2.45) is 4.99 Å². The number of methoxy groups -OCH3 is 1. The van der Waals surface area contributed by atoms with E-state index in [-0.39, 0.29) is 29.3 Å². The number of carbonyl (C=O) groups is 2. The Balaban J connectivity index is 1.78. The normalized spacial score (nSPS) is 23.9. The molecule has 2 saturated heterocycles. The van der Waals surface area contributed by atoms with Crippen molar-refractivity contribution < 1.29 is 27.5 Å². The minimum absolute atomic E-state index is 0.0000644. The molecule has 2 fully saturated rings. The van der Waals surface area contributed by atoms with Gasteiger partial charge < -0.3 is 19.7 Å². The van der Waals surface area contributed by atoms with Gasteiger partial charge in [0.25, 0.3) is 5.91 Å². The average molecular weight is 456 g/mol. The monoisotopic (exact) mass is 455 g/mol. The second-order valence-electron chi connectivity index (χ2n) is 8.01. The maximum absolute atomic E-state index is 12.4. The van der Waals surface area contributed by atoms with Crippen LogP contribution in [0.25, 0.3) is 0 Å². The predicted octanol–water partition coefficient (Wildman–Crippen LogP) is 1.82. The first-order valence-electron chi connectivity index (χ1n) is 9.36. The Morgan fingerprint density at radius 2 is 1.90 bits per heavy atom. The summed E-state index contributed by atoms with van der Waals surface area (Å²) < 4.78 is 34.5. The van der Waals surface area contributed by atoms with E-state index in [1.54, 1.807) is 57.0 Å². The second-order valence-corrected chi connectivity index (χ2v) is 11.4. The van der Waals surface area contributed by atoms with Gasteiger partial charge in [0.2, 0.25) is 0 Å². The summed E-state index contributed by atoms with van der Waals surface area (Å²) in [4.78, 5) is 30.0. The van der Waals surface area contributed by atoms with Crippen LogP contribution < -0.4 is 15.0 Å². The number of amidine groups is 1. The van der Waals surface area contributed by atoms with E-state index in [4.69, 9.17) is 9.47 Å². The van der Waals surface area contributed by atoms with Crippen LogP contribution in [-0.2, 0) is 19.4 Å². The van der Waals surface area contributed by atoms with Gasteiger partial charge in [-0.2, -0.15) is 4.99 Å². The molecule has 0 unspecified atom stereocenters. The van der Waals surface area contributed by atoms with Crippen LogP contribution in [0.5, 0.6) is 5.75 Å². The van der Waals surface area contributed by atoms with Gasteiger partial charge in [0, 0.05) is 10.9 Å². The molecule has 164 valence electrons. The maximum Gasteiger partial charge on any atom is 0.408 e. The molecule has 2 aliphatic rings. The number of sulfone groups is 1. The van der Waals surface area contributed by atoms with Crippen LogP contribution in [0.3, 0.4) is 0 Å². The molecule has 1 aromatic rings. The average Bonchev–Trinajstić information content (AvgIpc) is 3.09. The number of nitrogens with one attached hydrogen (secondary N) is 1. The highest BCUT2D eigenvalue weighted by atomic mass is 32.2. The van der Waals surface area contributed by atoms with Crippen LogP contribution >= 0.6 is 11.8 Å². The summed E-state index contributed by atoms with van der Waals surface area (Å²) in [5.74, 6) is 0.153. The Labute approximate surface area is 180 Å². The number of hydrogen-bond acceptors (Lipinski definition) is 7. The van der Waals surface area contributed by atoms with Crippen molar-refractivity contribution in [1.82, 2.24) is 5.32 Å². The zero-order valence-electron chi connectivity index (χ0n) is 17.2. The molecule has 0 spiro atoms. The van der Waals surface area contributed by atoms with Crippen molar-refractivity contribution in [1.29, 1.82) is 0 Å². The molecule has 3 rings (SSSR count). The van der Waals surface area contributed by atoms with Gasteiger partial charge in [-0.15, -0.1) is 0 Å². The van der Waals surface area contributed by atoms with Crippen LogP contribution in [0.15, 0.2) is 29.3 Å². The first-order chi connectivity index (χ1) is 14.0. The van der Waals surface area contributed by atoms with E-state index in [0.717, 1.165) is 5.69 Å². The Morgan fingerprint density at radius 1 is 1.23 bits per heavy atom. The summed E-state index contributed by atoms with van der Waals surface area (Å²) in [5.41, 5.74) is 0.0496. The van der Waals surface area contributed by atoms with Crippen LogP contribution in [0.1, 0.15) is 20.8 Å². The lowest BCUT2D eigenvalue weighted by Crippen LogP contribution is -2.38. The SMILES string of the molecule is COc1ccc(N2C(=NC(=O)CNC(=O)OC(C)(C)C)S[C@@H]3CS(=O)(=O)C[C@@H]32)cc1. The lowest BCUT2D eigenvalue weighted by Gasteiger charge is -2.24. The molecule has 2 aliphatic heterocycles. The zero-order valence-corrected chi connectivity index (χ0v) is 18.9. The van der Waals surface area contributed by atoms with Gasteiger partial charge >= 0.3 is 6.09 Å². The molecule has 9 nitrogen and oxygen atoms in total. The third-order valence-corrected chi connectivity index (χ3v) is 7.63. The van der Waals surface area contributed by atoms with Gasteiger partial charge in [-0.1, -0.05) is 11.8 Å². The van der Waals surface area contributed by atoms with E-state index in [2.05, 4.69) is 10.3 Å². The fraction of sp³-hybridized carbons (Fsp3) is 0.526. The number of benzene rings is 1. The van der Waals surface area contributed by atoms with E-state index in [9.17, 15) is 18.0 Å². The molecule has 30 heavy (non-hydrogen) atoms. The Hall–Kier alpha value is -2.27. The quantitative estimate of drug-likeness (QED) is 0.731. The van der Waals surface area contributed by atoms with Crippen LogP contribution in [0.2, 0.25) is 0 Å². The van der Waals surface area contributed by atoms with Crippen molar-refractivity contribution in [3.05, 3.63) is 24.3 Å². The molecule has 0 bridgehead atoms. The lowest BCUT2D eigenvalue weighted by atomic mass is 10.2. The van der Waals surface area contributed by atoms with Gasteiger partial charge in [-0.05, 0) is 45.0 Å². The number of amides is 2. The topological polar surface area (TPSA) is 114 Å². The maximum atomic E-state index is 12.4. The summed E-state index contributed by atoms with van der Waals surface area (Å²) in [6, 6.07) is 6.82. The van der Waals surface area contributed by atoms with Crippen molar-refractivity contribution in [2.75, 3.05) is 30.1 Å². The number of anilines is 1. The Kier molecular flexibility index (Phi) is 6.32. The molecular formula is C19H25N3O6S2. The van der Waals surface area contributed by atoms with Gasteiger partial charge in [-0.3, -0.25) is 4.79 Å². The van der Waals surface area contributed by atoms with Gasteiger partial charge in [0.15, 0.2) is 15.0 Å². The number of aliphatic imine (C=N–C) groups is 1. The highest BCUT2D eigenvalue weighted by Gasteiger charge is 2.49. The van der Waals surface area contributed by atoms with Gasteiger partial charge in [0.05, 0.1) is 24.7 Å². The van der Waals surface area contributed by atoms with Gasteiger partial charge in [0.1, 0.15) is 17.9 Å². The minimum Gasteiger partial charge on any atom is -0.497 e. The lowest BCUT2D eigenvalue weighted by molar-refractivity contribution is -0.117. The molecular weight excluding hydrogens is 430 g/mol. The van der Waals surface area contributed by atoms with Crippen molar-refractivity contribution in [3.8, 4) is 5.75 Å². The fourth-order valence-electron chi connectivity index (χ4n) is 3.22. The van der Waals surface area contributed by atoms with Crippen molar-refractivity contribution in [2.45, 2.75) is 37.7 Å². The molecule has 0 aromatic heterocycles. The molecule has 0 aliphatic carbocycles. The predicted molar refractivity (Wildman–Crippen MR) is 116 cm³/mol. The van der Waals surface area contributed by atoms with E-state index < -0.39 is 27.4 Å². The van der Waals surface area contributed by atoms with Crippen LogP contribution in [0.4, 0.5) is 10.5 Å². The van der Waals surface area contributed by atoms with Crippen LogP contribution in [0, 0.1) is 0 Å². The minimum atomic E-state index is -3.15. The smallest absolute Gasteiger partial charge is 0.408 e. The second kappa shape index (κ2) is 8.46. The third kappa shape index (κ3) is 5.45. The summed E-state index contributed by atoms with van der Waals surface area (Å²) in [7, 11) is -1.59. The van der Waals surface area contributed by atoms with E-state index in [1.165, 1.54) is 11.8 Å². The fourth-order valence-corrected chi connectivity index (χ4v) is 7.15. The van der Waals surface area contributed by atoms with E-state index in [1.807, 2.05) is 0 Å². The molecule has 2 atom stereocenters. The number of carbonyl (C=O) groups excluding carboxylic acids is 2. The summed E-state index contributed by atoms with van der Waals surface area (Å²) in [5, 5.41) is 2.60. The number of thioether (sulfide) groups is 1. The first-order valence-corrected chi connectivity index (χ1v) is 12.1. The standard InChI is InChI=1S/C19H25N3O6S2/c1-19(2,3)28-18(24)20-9-16(23)21-17-22(12-5-7-13(27-4)8-6-12)14-10-30(25,26)11-15(14)29-17/h5-8,14-15H,9-11H2,1-4H3,(H,20,24)/t14-,15+/m0/s1.